The van der Waals surface area contributed by atoms with Gasteiger partial charge >= 0.3 is 0 Å². The Labute approximate surface area is 173 Å². The van der Waals surface area contributed by atoms with Crippen molar-refractivity contribution in [3.63, 3.8) is 0 Å². The van der Waals surface area contributed by atoms with Crippen LogP contribution < -0.4 is 0 Å². The molecule has 1 aliphatic heterocycles. The van der Waals surface area contributed by atoms with E-state index in [9.17, 15) is 9.18 Å². The third-order valence-corrected chi connectivity index (χ3v) is 5.56. The van der Waals surface area contributed by atoms with Gasteiger partial charge in [0, 0.05) is 45.6 Å². The highest BCUT2D eigenvalue weighted by atomic mass is 19.1. The van der Waals surface area contributed by atoms with E-state index >= 15 is 0 Å². The number of amides is 1. The molecule has 0 radical (unpaired) electrons. The first-order chi connectivity index (χ1) is 14.5. The second kappa shape index (κ2) is 8.35. The third kappa shape index (κ3) is 3.97. The molecule has 9 heteroatoms. The molecule has 1 unspecified atom stereocenters. The van der Waals surface area contributed by atoms with Gasteiger partial charge in [-0.05, 0) is 43.5 Å². The Morgan fingerprint density at radius 3 is 2.83 bits per heavy atom. The maximum atomic E-state index is 13.2. The first kappa shape index (κ1) is 20.2. The summed E-state index contributed by atoms with van der Waals surface area (Å²) in [4.78, 5) is 23.6. The van der Waals surface area contributed by atoms with E-state index in [0.717, 1.165) is 12.8 Å². The molecule has 3 aromatic rings. The maximum Gasteiger partial charge on any atom is 0.274 e. The zero-order valence-corrected chi connectivity index (χ0v) is 17.0. The summed E-state index contributed by atoms with van der Waals surface area (Å²) in [7, 11) is 3.48. The van der Waals surface area contributed by atoms with Crippen molar-refractivity contribution in [3.8, 4) is 11.5 Å². The first-order valence-corrected chi connectivity index (χ1v) is 9.87. The van der Waals surface area contributed by atoms with Crippen LogP contribution in [0.2, 0.25) is 0 Å². The molecule has 1 aliphatic rings. The second-order valence-corrected chi connectivity index (χ2v) is 7.71. The number of carbonyl (C=O) groups is 1. The van der Waals surface area contributed by atoms with E-state index in [0.29, 0.717) is 49.1 Å². The summed E-state index contributed by atoms with van der Waals surface area (Å²) in [6.07, 6.45) is 5.60. The Bertz CT molecular complexity index is 1020. The molecule has 1 atom stereocenters. The highest BCUT2D eigenvalue weighted by Crippen LogP contribution is 2.37. The molecule has 0 N–H and O–H groups in total. The van der Waals surface area contributed by atoms with Gasteiger partial charge < -0.3 is 18.7 Å². The molecule has 4 rings (SSSR count). The number of ether oxygens (including phenoxy) is 1. The average molecular weight is 413 g/mol. The maximum absolute atomic E-state index is 13.2. The molecule has 8 nitrogen and oxygen atoms in total. The van der Waals surface area contributed by atoms with Crippen LogP contribution in [0.4, 0.5) is 4.39 Å². The van der Waals surface area contributed by atoms with Crippen LogP contribution in [0.5, 0.6) is 0 Å². The van der Waals surface area contributed by atoms with Crippen LogP contribution in [0, 0.1) is 5.82 Å². The summed E-state index contributed by atoms with van der Waals surface area (Å²) < 4.78 is 25.8. The minimum atomic E-state index is -0.486. The number of hydrogen-bond donors (Lipinski definition) is 0. The number of halogens is 1. The van der Waals surface area contributed by atoms with Crippen molar-refractivity contribution in [2.24, 2.45) is 7.05 Å². The molecule has 1 saturated heterocycles. The Morgan fingerprint density at radius 1 is 1.33 bits per heavy atom. The molecular formula is C21H24FN5O3. The monoisotopic (exact) mass is 413 g/mol. The van der Waals surface area contributed by atoms with Crippen molar-refractivity contribution >= 4 is 5.91 Å². The van der Waals surface area contributed by atoms with E-state index in [1.165, 1.54) is 12.1 Å². The lowest BCUT2D eigenvalue weighted by Crippen LogP contribution is -2.49. The molecule has 3 heterocycles. The zero-order valence-electron chi connectivity index (χ0n) is 17.0. The molecule has 0 bridgehead atoms. The number of nitrogens with zero attached hydrogens (tertiary/aromatic N) is 5. The normalized spacial score (nSPS) is 19.2. The van der Waals surface area contributed by atoms with Gasteiger partial charge in [-0.15, -0.1) is 0 Å². The van der Waals surface area contributed by atoms with Gasteiger partial charge in [0.25, 0.3) is 11.8 Å². The smallest absolute Gasteiger partial charge is 0.274 e. The lowest BCUT2D eigenvalue weighted by molar-refractivity contribution is 0.0562. The second-order valence-electron chi connectivity index (χ2n) is 7.71. The summed E-state index contributed by atoms with van der Waals surface area (Å²) in [5, 5.41) is 4.24. The van der Waals surface area contributed by atoms with Gasteiger partial charge in [-0.2, -0.15) is 4.98 Å². The van der Waals surface area contributed by atoms with Crippen LogP contribution >= 0.6 is 0 Å². The fourth-order valence-corrected chi connectivity index (χ4v) is 3.93. The Morgan fingerprint density at radius 2 is 2.13 bits per heavy atom. The molecule has 2 aromatic heterocycles. The standard InChI is InChI=1S/C21H24FN5O3/c1-26-12-17(23-14-26)19(28)27-10-3-8-21(13-27,9-11-29-2)20-24-18(30-25-20)15-4-6-16(22)7-5-15/h4-7,12,14H,3,8-11,13H2,1-2H3. The van der Waals surface area contributed by atoms with Gasteiger partial charge in [0.2, 0.25) is 0 Å². The SMILES string of the molecule is COCCC1(c2noc(-c3ccc(F)cc3)n2)CCCN(C(=O)c2cn(C)cn2)C1. The fraction of sp³-hybridized carbons (Fsp3) is 0.429. The van der Waals surface area contributed by atoms with Crippen molar-refractivity contribution in [3.05, 3.63) is 54.1 Å². The van der Waals surface area contributed by atoms with Gasteiger partial charge in [0.15, 0.2) is 5.82 Å². The van der Waals surface area contributed by atoms with Crippen molar-refractivity contribution in [1.29, 1.82) is 0 Å². The Hall–Kier alpha value is -3.07. The van der Waals surface area contributed by atoms with Crippen LogP contribution in [0.3, 0.4) is 0 Å². The summed E-state index contributed by atoms with van der Waals surface area (Å²) in [6, 6.07) is 5.92. The lowest BCUT2D eigenvalue weighted by atomic mass is 9.76. The van der Waals surface area contributed by atoms with E-state index in [-0.39, 0.29) is 11.7 Å². The lowest BCUT2D eigenvalue weighted by Gasteiger charge is -2.40. The van der Waals surface area contributed by atoms with Crippen LogP contribution in [-0.4, -0.2) is 57.3 Å². The average Bonchev–Trinajstić information content (AvgIpc) is 3.42. The van der Waals surface area contributed by atoms with Crippen LogP contribution in [-0.2, 0) is 17.2 Å². The Balaban J connectivity index is 1.62. The number of benzene rings is 1. The van der Waals surface area contributed by atoms with Crippen LogP contribution in [0.1, 0.15) is 35.6 Å². The van der Waals surface area contributed by atoms with Crippen LogP contribution in [0.25, 0.3) is 11.5 Å². The van der Waals surface area contributed by atoms with Crippen molar-refractivity contribution in [2.45, 2.75) is 24.7 Å². The molecule has 1 aromatic carbocycles. The molecule has 0 spiro atoms. The number of likely N-dealkylation sites (tertiary alicyclic amines) is 1. The number of rotatable bonds is 6. The molecule has 1 fully saturated rings. The Kier molecular flexibility index (Phi) is 5.63. The summed E-state index contributed by atoms with van der Waals surface area (Å²) in [6.45, 7) is 1.60. The third-order valence-electron chi connectivity index (χ3n) is 5.56. The predicted molar refractivity (Wildman–Crippen MR) is 106 cm³/mol. The van der Waals surface area contributed by atoms with Crippen molar-refractivity contribution in [1.82, 2.24) is 24.6 Å². The highest BCUT2D eigenvalue weighted by Gasteiger charge is 2.42. The minimum Gasteiger partial charge on any atom is -0.385 e. The highest BCUT2D eigenvalue weighted by molar-refractivity contribution is 5.92. The number of aromatic nitrogens is 4. The summed E-state index contributed by atoms with van der Waals surface area (Å²) in [5.74, 6) is 0.428. The van der Waals surface area contributed by atoms with E-state index in [2.05, 4.69) is 15.1 Å². The molecule has 1 amide bonds. The predicted octanol–water partition coefficient (Wildman–Crippen LogP) is 2.82. The summed E-state index contributed by atoms with van der Waals surface area (Å²) >= 11 is 0. The van der Waals surface area contributed by atoms with Crippen molar-refractivity contribution in [2.75, 3.05) is 26.8 Å². The topological polar surface area (TPSA) is 86.3 Å². The number of hydrogen-bond acceptors (Lipinski definition) is 6. The van der Waals surface area contributed by atoms with Gasteiger partial charge in [0.1, 0.15) is 11.5 Å². The van der Waals surface area contributed by atoms with E-state index < -0.39 is 5.41 Å². The number of carbonyl (C=O) groups excluding carboxylic acids is 1. The minimum absolute atomic E-state index is 0.112. The van der Waals surface area contributed by atoms with Gasteiger partial charge in [-0.1, -0.05) is 5.16 Å². The largest absolute Gasteiger partial charge is 0.385 e. The van der Waals surface area contributed by atoms with Crippen LogP contribution in [0.15, 0.2) is 41.3 Å². The number of methoxy groups -OCH3 is 1. The first-order valence-electron chi connectivity index (χ1n) is 9.87. The zero-order chi connectivity index (χ0) is 21.1. The van der Waals surface area contributed by atoms with Gasteiger partial charge in [-0.3, -0.25) is 4.79 Å². The van der Waals surface area contributed by atoms with Gasteiger partial charge in [-0.25, -0.2) is 9.37 Å². The molecule has 0 saturated carbocycles. The summed E-state index contributed by atoms with van der Waals surface area (Å²) in [5.41, 5.74) is 0.579. The number of piperidine rings is 1. The van der Waals surface area contributed by atoms with Gasteiger partial charge in [0.05, 0.1) is 11.7 Å². The molecule has 158 valence electrons. The van der Waals surface area contributed by atoms with Crippen molar-refractivity contribution < 1.29 is 18.4 Å². The quantitative estimate of drug-likeness (QED) is 0.618. The van der Waals surface area contributed by atoms with E-state index in [4.69, 9.17) is 9.26 Å². The van der Waals surface area contributed by atoms with E-state index in [1.54, 1.807) is 41.2 Å². The number of aryl methyl sites for hydroxylation is 1. The molecular weight excluding hydrogens is 389 g/mol. The van der Waals surface area contributed by atoms with E-state index in [1.807, 2.05) is 7.05 Å². The number of imidazole rings is 1. The molecule has 30 heavy (non-hydrogen) atoms. The molecule has 0 aliphatic carbocycles. The fourth-order valence-electron chi connectivity index (χ4n) is 3.93.